The summed E-state index contributed by atoms with van der Waals surface area (Å²) in [4.78, 5) is 32.1. The van der Waals surface area contributed by atoms with Crippen molar-refractivity contribution in [3.8, 4) is 23.3 Å². The monoisotopic (exact) mass is 394 g/mol. The average molecular weight is 395 g/mol. The molecule has 0 saturated carbocycles. The highest BCUT2D eigenvalue weighted by Gasteiger charge is 2.26. The molecule has 138 valence electrons. The van der Waals surface area contributed by atoms with Gasteiger partial charge in [0, 0.05) is 11.1 Å². The molecular weight excluding hydrogens is 387 g/mol. The summed E-state index contributed by atoms with van der Waals surface area (Å²) in [6.07, 6.45) is -1.04. The van der Waals surface area contributed by atoms with Gasteiger partial charge in [-0.25, -0.2) is 0 Å². The highest BCUT2D eigenvalue weighted by molar-refractivity contribution is 6.30. The average Bonchev–Trinajstić information content (AvgIpc) is 2.56. The summed E-state index contributed by atoms with van der Waals surface area (Å²) in [6, 6.07) is 7.04. The van der Waals surface area contributed by atoms with Gasteiger partial charge >= 0.3 is 17.6 Å². The molecule has 0 aromatic heterocycles. The normalized spacial score (nSPS) is 9.96. The van der Waals surface area contributed by atoms with Gasteiger partial charge < -0.3 is 14.6 Å². The van der Waals surface area contributed by atoms with Crippen molar-refractivity contribution < 1.29 is 33.5 Å². The highest BCUT2D eigenvalue weighted by Crippen LogP contribution is 2.39. The Balaban J connectivity index is 2.47. The molecule has 0 bridgehead atoms. The number of hydrogen-bond donors (Lipinski definition) is 1. The fourth-order valence-electron chi connectivity index (χ4n) is 1.93. The van der Waals surface area contributed by atoms with Crippen LogP contribution in [0.5, 0.6) is 17.2 Å². The Morgan fingerprint density at radius 2 is 2.04 bits per heavy atom. The SMILES string of the molecule is N#Cc1cc(Cl)cc(Oc2c([N+](=O)[O-])ccc(OC(=O)CC(=O)O)c2F)c1. The highest BCUT2D eigenvalue weighted by atomic mass is 35.5. The fourth-order valence-corrected chi connectivity index (χ4v) is 2.16. The molecule has 2 aromatic rings. The molecule has 0 amide bonds. The zero-order chi connectivity index (χ0) is 20.1. The summed E-state index contributed by atoms with van der Waals surface area (Å²) in [7, 11) is 0. The van der Waals surface area contributed by atoms with Crippen molar-refractivity contribution in [3.05, 3.63) is 56.8 Å². The van der Waals surface area contributed by atoms with Gasteiger partial charge in [-0.2, -0.15) is 9.65 Å². The lowest BCUT2D eigenvalue weighted by Gasteiger charge is -2.11. The van der Waals surface area contributed by atoms with Gasteiger partial charge in [0.2, 0.25) is 11.6 Å². The number of esters is 1. The third-order valence-electron chi connectivity index (χ3n) is 2.98. The predicted octanol–water partition coefficient (Wildman–Crippen LogP) is 3.43. The van der Waals surface area contributed by atoms with Crippen LogP contribution < -0.4 is 9.47 Å². The van der Waals surface area contributed by atoms with Crippen LogP contribution in [-0.2, 0) is 9.59 Å². The first-order valence-corrected chi connectivity index (χ1v) is 7.37. The maximum Gasteiger partial charge on any atom is 0.322 e. The minimum Gasteiger partial charge on any atom is -0.481 e. The minimum atomic E-state index is -1.50. The summed E-state index contributed by atoms with van der Waals surface area (Å²) in [5.41, 5.74) is -0.728. The minimum absolute atomic E-state index is 0.0598. The number of nitriles is 1. The fraction of sp³-hybridized carbons (Fsp3) is 0.0625. The van der Waals surface area contributed by atoms with Crippen LogP contribution in [0, 0.1) is 27.3 Å². The Morgan fingerprint density at radius 1 is 1.33 bits per heavy atom. The number of carboxylic acid groups (broad SMARTS) is 1. The summed E-state index contributed by atoms with van der Waals surface area (Å²) in [6.45, 7) is 0. The Morgan fingerprint density at radius 3 is 2.63 bits per heavy atom. The van der Waals surface area contributed by atoms with Crippen LogP contribution in [0.3, 0.4) is 0 Å². The first kappa shape index (κ1) is 19.6. The smallest absolute Gasteiger partial charge is 0.322 e. The van der Waals surface area contributed by atoms with E-state index in [-0.39, 0.29) is 16.3 Å². The molecule has 0 atom stereocenters. The van der Waals surface area contributed by atoms with Crippen LogP contribution in [0.25, 0.3) is 0 Å². The summed E-state index contributed by atoms with van der Waals surface area (Å²) in [5, 5.41) is 28.6. The number of carbonyl (C=O) groups is 2. The van der Waals surface area contributed by atoms with Gasteiger partial charge in [0.25, 0.3) is 0 Å². The number of hydrogen-bond acceptors (Lipinski definition) is 7. The molecule has 1 N–H and O–H groups in total. The molecular formula is C16H8ClFN2O7. The van der Waals surface area contributed by atoms with Gasteiger partial charge in [-0.05, 0) is 24.3 Å². The van der Waals surface area contributed by atoms with E-state index in [4.69, 9.17) is 26.7 Å². The zero-order valence-corrected chi connectivity index (χ0v) is 13.9. The van der Waals surface area contributed by atoms with Crippen LogP contribution in [0.4, 0.5) is 10.1 Å². The maximum atomic E-state index is 14.6. The molecule has 9 nitrogen and oxygen atoms in total. The van der Waals surface area contributed by atoms with Crippen LogP contribution in [-0.4, -0.2) is 22.0 Å². The lowest BCUT2D eigenvalue weighted by molar-refractivity contribution is -0.385. The van der Waals surface area contributed by atoms with E-state index in [1.54, 1.807) is 6.07 Å². The number of nitro groups is 1. The second-order valence-corrected chi connectivity index (χ2v) is 5.35. The van der Waals surface area contributed by atoms with Crippen LogP contribution >= 0.6 is 11.6 Å². The number of nitro benzene ring substituents is 1. The number of rotatable bonds is 6. The number of carbonyl (C=O) groups excluding carboxylic acids is 1. The van der Waals surface area contributed by atoms with Gasteiger partial charge in [0.05, 0.1) is 16.6 Å². The molecule has 0 radical (unpaired) electrons. The largest absolute Gasteiger partial charge is 0.481 e. The molecule has 2 aromatic carbocycles. The molecule has 27 heavy (non-hydrogen) atoms. The van der Waals surface area contributed by atoms with Gasteiger partial charge in [0.15, 0.2) is 5.75 Å². The van der Waals surface area contributed by atoms with E-state index < -0.39 is 46.3 Å². The number of halogens is 2. The van der Waals surface area contributed by atoms with E-state index in [1.165, 1.54) is 12.1 Å². The molecule has 11 heteroatoms. The molecule has 0 saturated heterocycles. The third kappa shape index (κ3) is 4.90. The Labute approximate surface area is 155 Å². The van der Waals surface area contributed by atoms with Crippen molar-refractivity contribution in [3.63, 3.8) is 0 Å². The molecule has 0 aliphatic heterocycles. The van der Waals surface area contributed by atoms with E-state index in [9.17, 15) is 24.1 Å². The molecule has 0 fully saturated rings. The first-order valence-electron chi connectivity index (χ1n) is 6.99. The third-order valence-corrected chi connectivity index (χ3v) is 3.20. The Bertz CT molecular complexity index is 987. The molecule has 0 unspecified atom stereocenters. The second-order valence-electron chi connectivity index (χ2n) is 4.92. The molecule has 2 rings (SSSR count). The topological polar surface area (TPSA) is 140 Å². The van der Waals surface area contributed by atoms with Gasteiger partial charge in [-0.1, -0.05) is 11.6 Å². The quantitative estimate of drug-likeness (QED) is 0.258. The van der Waals surface area contributed by atoms with Crippen LogP contribution in [0.1, 0.15) is 12.0 Å². The number of aliphatic carboxylic acids is 1. The number of carboxylic acids is 1. The number of ether oxygens (including phenoxy) is 2. The summed E-state index contributed by atoms with van der Waals surface area (Å²) < 4.78 is 24.3. The van der Waals surface area contributed by atoms with E-state index >= 15 is 0 Å². The Kier molecular flexibility index (Phi) is 5.89. The van der Waals surface area contributed by atoms with Crippen molar-refractivity contribution in [2.45, 2.75) is 6.42 Å². The van der Waals surface area contributed by atoms with Crippen molar-refractivity contribution in [1.29, 1.82) is 5.26 Å². The first-order chi connectivity index (χ1) is 12.7. The molecule has 0 aliphatic rings. The summed E-state index contributed by atoms with van der Waals surface area (Å²) in [5.74, 6) is -6.01. The van der Waals surface area contributed by atoms with E-state index in [0.717, 1.165) is 18.2 Å². The van der Waals surface area contributed by atoms with Gasteiger partial charge in [-0.15, -0.1) is 0 Å². The summed E-state index contributed by atoms with van der Waals surface area (Å²) >= 11 is 5.80. The predicted molar refractivity (Wildman–Crippen MR) is 87.2 cm³/mol. The zero-order valence-electron chi connectivity index (χ0n) is 13.1. The lowest BCUT2D eigenvalue weighted by atomic mass is 10.2. The molecule has 0 aliphatic carbocycles. The molecule has 0 spiro atoms. The van der Waals surface area contributed by atoms with E-state index in [1.807, 2.05) is 0 Å². The van der Waals surface area contributed by atoms with Crippen molar-refractivity contribution in [1.82, 2.24) is 0 Å². The lowest BCUT2D eigenvalue weighted by Crippen LogP contribution is -2.14. The van der Waals surface area contributed by atoms with Crippen LogP contribution in [0.2, 0.25) is 5.02 Å². The van der Waals surface area contributed by atoms with Gasteiger partial charge in [-0.3, -0.25) is 19.7 Å². The van der Waals surface area contributed by atoms with Crippen LogP contribution in [0.15, 0.2) is 30.3 Å². The Hall–Kier alpha value is -3.71. The standard InChI is InChI=1S/C16H8ClFN2O7/c17-9-3-8(7-19)4-10(5-9)26-16-11(20(24)25)1-2-12(15(16)18)27-14(23)6-13(21)22/h1-5H,6H2,(H,21,22). The van der Waals surface area contributed by atoms with Crippen molar-refractivity contribution in [2.24, 2.45) is 0 Å². The molecule has 0 heterocycles. The maximum absolute atomic E-state index is 14.6. The van der Waals surface area contributed by atoms with Gasteiger partial charge in [0.1, 0.15) is 12.2 Å². The number of benzene rings is 2. The second kappa shape index (κ2) is 8.11. The van der Waals surface area contributed by atoms with E-state index in [0.29, 0.717) is 0 Å². The van der Waals surface area contributed by atoms with E-state index in [2.05, 4.69) is 4.74 Å². The number of nitrogens with zero attached hydrogens (tertiary/aromatic N) is 2. The van der Waals surface area contributed by atoms with Crippen molar-refractivity contribution >= 4 is 29.2 Å². The van der Waals surface area contributed by atoms with Crippen molar-refractivity contribution in [2.75, 3.05) is 0 Å².